The van der Waals surface area contributed by atoms with Gasteiger partial charge in [-0.3, -0.25) is 4.57 Å². The highest BCUT2D eigenvalue weighted by atomic mass is 79.9. The van der Waals surface area contributed by atoms with Crippen LogP contribution < -0.4 is 5.73 Å². The van der Waals surface area contributed by atoms with Crippen LogP contribution in [0, 0.1) is 5.92 Å². The van der Waals surface area contributed by atoms with Crippen molar-refractivity contribution in [3.63, 3.8) is 0 Å². The second-order valence-corrected chi connectivity index (χ2v) is 5.05. The van der Waals surface area contributed by atoms with Gasteiger partial charge < -0.3 is 10.5 Å². The van der Waals surface area contributed by atoms with Crippen LogP contribution in [0.3, 0.4) is 0 Å². The highest BCUT2D eigenvalue weighted by molar-refractivity contribution is 9.10. The summed E-state index contributed by atoms with van der Waals surface area (Å²) in [5, 5.41) is 0. The number of nitrogens with two attached hydrogens (primary N) is 1. The number of aromatic nitrogens is 3. The molecule has 2 N–H and O–H groups in total. The number of methoxy groups -OCH3 is 1. The van der Waals surface area contributed by atoms with Gasteiger partial charge in [0, 0.05) is 24.3 Å². The molecular weight excluding hydrogens is 284 g/mol. The smallest absolute Gasteiger partial charge is 0.202 e. The van der Waals surface area contributed by atoms with Crippen LogP contribution in [0.1, 0.15) is 6.92 Å². The van der Waals surface area contributed by atoms with E-state index in [-0.39, 0.29) is 0 Å². The van der Waals surface area contributed by atoms with Gasteiger partial charge in [-0.15, -0.1) is 0 Å². The predicted octanol–water partition coefficient (Wildman–Crippen LogP) is 2.06. The van der Waals surface area contributed by atoms with Crippen molar-refractivity contribution in [3.8, 4) is 0 Å². The number of hydrogen-bond acceptors (Lipinski definition) is 4. The molecule has 17 heavy (non-hydrogen) atoms. The lowest BCUT2D eigenvalue weighted by Crippen LogP contribution is -2.14. The van der Waals surface area contributed by atoms with E-state index in [0.717, 1.165) is 22.2 Å². The van der Waals surface area contributed by atoms with Crippen molar-refractivity contribution < 1.29 is 4.74 Å². The fourth-order valence-corrected chi connectivity index (χ4v) is 2.15. The zero-order chi connectivity index (χ0) is 12.4. The molecular formula is C11H15BrN4O. The van der Waals surface area contributed by atoms with Crippen LogP contribution >= 0.6 is 15.9 Å². The van der Waals surface area contributed by atoms with Gasteiger partial charge in [-0.25, -0.2) is 9.97 Å². The van der Waals surface area contributed by atoms with E-state index in [9.17, 15) is 0 Å². The first-order chi connectivity index (χ1) is 8.11. The average molecular weight is 299 g/mol. The van der Waals surface area contributed by atoms with E-state index in [4.69, 9.17) is 10.5 Å². The van der Waals surface area contributed by atoms with Crippen LogP contribution in [-0.4, -0.2) is 28.3 Å². The van der Waals surface area contributed by atoms with Crippen molar-refractivity contribution >= 4 is 33.0 Å². The maximum atomic E-state index is 5.90. The Balaban J connectivity index is 2.36. The van der Waals surface area contributed by atoms with Gasteiger partial charge in [0.1, 0.15) is 5.52 Å². The number of fused-ring (bicyclic) bond motifs is 1. The minimum Gasteiger partial charge on any atom is -0.384 e. The first kappa shape index (κ1) is 12.3. The van der Waals surface area contributed by atoms with Crippen molar-refractivity contribution in [2.45, 2.75) is 13.5 Å². The van der Waals surface area contributed by atoms with E-state index in [2.05, 4.69) is 32.8 Å². The number of nitrogen functional groups attached to an aromatic ring is 1. The average Bonchev–Trinajstić information content (AvgIpc) is 2.55. The van der Waals surface area contributed by atoms with Crippen LogP contribution in [0.25, 0.3) is 11.2 Å². The van der Waals surface area contributed by atoms with E-state index in [1.807, 2.05) is 10.6 Å². The number of nitrogens with zero attached hydrogens (tertiary/aromatic N) is 3. The lowest BCUT2D eigenvalue weighted by molar-refractivity contribution is 0.152. The highest BCUT2D eigenvalue weighted by Crippen LogP contribution is 2.20. The molecule has 0 fully saturated rings. The van der Waals surface area contributed by atoms with Crippen molar-refractivity contribution in [2.75, 3.05) is 19.5 Å². The molecule has 2 aromatic heterocycles. The number of hydrogen-bond donors (Lipinski definition) is 1. The molecule has 0 spiro atoms. The normalized spacial score (nSPS) is 13.1. The predicted molar refractivity (Wildman–Crippen MR) is 70.7 cm³/mol. The zero-order valence-electron chi connectivity index (χ0n) is 9.85. The monoisotopic (exact) mass is 298 g/mol. The molecule has 1 unspecified atom stereocenters. The number of halogens is 1. The summed E-state index contributed by atoms with van der Waals surface area (Å²) in [7, 11) is 1.70. The SMILES string of the molecule is COCC(C)Cn1c(N)nc2cc(Br)cnc21. The summed E-state index contributed by atoms with van der Waals surface area (Å²) in [6.07, 6.45) is 1.75. The van der Waals surface area contributed by atoms with Crippen molar-refractivity contribution in [1.29, 1.82) is 0 Å². The molecule has 92 valence electrons. The van der Waals surface area contributed by atoms with Gasteiger partial charge in [0.2, 0.25) is 5.95 Å². The summed E-state index contributed by atoms with van der Waals surface area (Å²) >= 11 is 3.37. The third-order valence-corrected chi connectivity index (χ3v) is 2.96. The summed E-state index contributed by atoms with van der Waals surface area (Å²) in [5.74, 6) is 0.860. The van der Waals surface area contributed by atoms with Crippen LogP contribution in [0.4, 0.5) is 5.95 Å². The molecule has 6 heteroatoms. The van der Waals surface area contributed by atoms with Crippen LogP contribution in [0.5, 0.6) is 0 Å². The summed E-state index contributed by atoms with van der Waals surface area (Å²) < 4.78 is 7.95. The topological polar surface area (TPSA) is 66.0 Å². The lowest BCUT2D eigenvalue weighted by Gasteiger charge is -2.12. The van der Waals surface area contributed by atoms with Crippen molar-refractivity contribution in [1.82, 2.24) is 14.5 Å². The minimum atomic E-state index is 0.366. The molecule has 0 amide bonds. The highest BCUT2D eigenvalue weighted by Gasteiger charge is 2.12. The Hall–Kier alpha value is -1.14. The van der Waals surface area contributed by atoms with E-state index >= 15 is 0 Å². The Kier molecular flexibility index (Phi) is 3.63. The Morgan fingerprint density at radius 3 is 3.06 bits per heavy atom. The molecule has 0 aromatic carbocycles. The Bertz CT molecular complexity index is 525. The number of rotatable bonds is 4. The number of pyridine rings is 1. The molecule has 1 atom stereocenters. The van der Waals surface area contributed by atoms with Crippen LogP contribution in [0.15, 0.2) is 16.7 Å². The Labute approximate surface area is 108 Å². The van der Waals surface area contributed by atoms with Gasteiger partial charge in [-0.2, -0.15) is 0 Å². The molecule has 2 heterocycles. The molecule has 0 bridgehead atoms. The van der Waals surface area contributed by atoms with Gasteiger partial charge in [0.15, 0.2) is 5.65 Å². The molecule has 5 nitrogen and oxygen atoms in total. The van der Waals surface area contributed by atoms with Crippen molar-refractivity contribution in [2.24, 2.45) is 5.92 Å². The molecule has 0 saturated carbocycles. The molecule has 0 aliphatic heterocycles. The minimum absolute atomic E-state index is 0.366. The Morgan fingerprint density at radius 2 is 2.35 bits per heavy atom. The standard InChI is InChI=1S/C11H15BrN4O/c1-7(6-17-2)5-16-10-9(15-11(16)13)3-8(12)4-14-10/h3-4,7H,5-6H2,1-2H3,(H2,13,15). The molecule has 2 rings (SSSR count). The maximum absolute atomic E-state index is 5.90. The second kappa shape index (κ2) is 5.01. The second-order valence-electron chi connectivity index (χ2n) is 4.14. The van der Waals surface area contributed by atoms with E-state index in [1.54, 1.807) is 13.3 Å². The van der Waals surface area contributed by atoms with E-state index in [0.29, 0.717) is 18.5 Å². The first-order valence-corrected chi connectivity index (χ1v) is 6.17. The van der Waals surface area contributed by atoms with Gasteiger partial charge in [0.05, 0.1) is 6.61 Å². The number of imidazole rings is 1. The molecule has 0 aliphatic carbocycles. The molecule has 0 radical (unpaired) electrons. The van der Waals surface area contributed by atoms with Crippen molar-refractivity contribution in [3.05, 3.63) is 16.7 Å². The maximum Gasteiger partial charge on any atom is 0.202 e. The van der Waals surface area contributed by atoms with Crippen LogP contribution in [0.2, 0.25) is 0 Å². The molecule has 2 aromatic rings. The third-order valence-electron chi connectivity index (χ3n) is 2.53. The van der Waals surface area contributed by atoms with Gasteiger partial charge in [-0.05, 0) is 27.9 Å². The number of anilines is 1. The quantitative estimate of drug-likeness (QED) is 0.938. The van der Waals surface area contributed by atoms with Gasteiger partial charge >= 0.3 is 0 Å². The van der Waals surface area contributed by atoms with Crippen LogP contribution in [-0.2, 0) is 11.3 Å². The summed E-state index contributed by atoms with van der Waals surface area (Å²) in [5.41, 5.74) is 7.52. The summed E-state index contributed by atoms with van der Waals surface area (Å²) in [6.45, 7) is 3.55. The third kappa shape index (κ3) is 2.58. The van der Waals surface area contributed by atoms with E-state index < -0.39 is 0 Å². The fraction of sp³-hybridized carbons (Fsp3) is 0.455. The Morgan fingerprint density at radius 1 is 1.59 bits per heavy atom. The number of ether oxygens (including phenoxy) is 1. The largest absolute Gasteiger partial charge is 0.384 e. The molecule has 0 saturated heterocycles. The van der Waals surface area contributed by atoms with Gasteiger partial charge in [0.25, 0.3) is 0 Å². The molecule has 0 aliphatic rings. The summed E-state index contributed by atoms with van der Waals surface area (Å²) in [4.78, 5) is 8.64. The fourth-order valence-electron chi connectivity index (χ4n) is 1.83. The lowest BCUT2D eigenvalue weighted by atomic mass is 10.2. The zero-order valence-corrected chi connectivity index (χ0v) is 11.4. The summed E-state index contributed by atoms with van der Waals surface area (Å²) in [6, 6.07) is 1.91. The van der Waals surface area contributed by atoms with Gasteiger partial charge in [-0.1, -0.05) is 6.92 Å². The van der Waals surface area contributed by atoms with E-state index in [1.165, 1.54) is 0 Å². The first-order valence-electron chi connectivity index (χ1n) is 5.38.